The highest BCUT2D eigenvalue weighted by Crippen LogP contribution is 2.65. The zero-order valence-corrected chi connectivity index (χ0v) is 32.7. The van der Waals surface area contributed by atoms with Gasteiger partial charge in [-0.15, -0.1) is 0 Å². The van der Waals surface area contributed by atoms with Crippen LogP contribution in [-0.4, -0.2) is 17.7 Å². The third-order valence-corrected chi connectivity index (χ3v) is 13.3. The second-order valence-electron chi connectivity index (χ2n) is 16.5. The van der Waals surface area contributed by atoms with Crippen molar-refractivity contribution in [1.29, 1.82) is 0 Å². The van der Waals surface area contributed by atoms with E-state index < -0.39 is 5.41 Å². The third kappa shape index (κ3) is 5.64. The first-order chi connectivity index (χ1) is 29.3. The van der Waals surface area contributed by atoms with Gasteiger partial charge in [-0.2, -0.15) is 0 Å². The first kappa shape index (κ1) is 36.5. The van der Waals surface area contributed by atoms with Crippen LogP contribution in [0.3, 0.4) is 0 Å². The summed E-state index contributed by atoms with van der Waals surface area (Å²) >= 11 is 0. The highest BCUT2D eigenvalue weighted by molar-refractivity contribution is 6.12. The molecular formula is C52H40F4N4. The zero-order chi connectivity index (χ0) is 40.7. The monoisotopic (exact) mass is 796 g/mol. The summed E-state index contributed by atoms with van der Waals surface area (Å²) in [6.07, 6.45) is 16.5. The van der Waals surface area contributed by atoms with Crippen molar-refractivity contribution in [2.24, 2.45) is 15.7 Å². The predicted molar refractivity (Wildman–Crippen MR) is 232 cm³/mol. The molecule has 0 bridgehead atoms. The Hall–Kier alpha value is -6.54. The molecule has 2 N–H and O–H groups in total. The average molecular weight is 797 g/mol. The number of fused-ring (bicyclic) bond motifs is 11. The standard InChI is InChI=1S/C52H40F4N4/c53-33-14-9-30(10-15-33)29-58-51(59-50(57)31-11-16-34(54)17-12-31)32-13-21-40-38-5-1-3-7-44(38)52(46(40)25-32)45-8-4-2-6-39(45)41-22-20-37(28-47(41)52)60-48-23-18-35(55)26-42(48)43-27-36(56)19-24-49(43)60/h1-11,14-16,18-19,23-28,42,48H,12-13,17,20-22,29H2,(H2,57,58,59). The normalized spacial score (nSPS) is 23.9. The second-order valence-corrected chi connectivity index (χ2v) is 16.5. The Labute approximate surface area is 346 Å². The van der Waals surface area contributed by atoms with Gasteiger partial charge < -0.3 is 10.6 Å². The van der Waals surface area contributed by atoms with Crippen LogP contribution in [0, 0.1) is 11.6 Å². The van der Waals surface area contributed by atoms with E-state index in [4.69, 9.17) is 15.7 Å². The number of hydrogen-bond donors (Lipinski definition) is 1. The largest absolute Gasteiger partial charge is 0.383 e. The summed E-state index contributed by atoms with van der Waals surface area (Å²) in [5.74, 6) is -0.653. The van der Waals surface area contributed by atoms with Crippen LogP contribution >= 0.6 is 0 Å². The Morgan fingerprint density at radius 2 is 1.40 bits per heavy atom. The van der Waals surface area contributed by atoms with Crippen molar-refractivity contribution in [3.8, 4) is 0 Å². The van der Waals surface area contributed by atoms with E-state index in [-0.39, 0.29) is 48.2 Å². The Morgan fingerprint density at radius 3 is 2.13 bits per heavy atom. The molecule has 4 aromatic carbocycles. The quantitative estimate of drug-likeness (QED) is 0.124. The molecule has 60 heavy (non-hydrogen) atoms. The minimum Gasteiger partial charge on any atom is -0.383 e. The fraction of sp³-hybridized carbons (Fsp3) is 0.192. The second kappa shape index (κ2) is 14.0. The Bertz CT molecular complexity index is 2850. The molecule has 1 aliphatic heterocycles. The van der Waals surface area contributed by atoms with E-state index in [0.717, 1.165) is 52.9 Å². The van der Waals surface area contributed by atoms with Crippen molar-refractivity contribution in [2.45, 2.75) is 62.4 Å². The van der Waals surface area contributed by atoms with Crippen LogP contribution in [0.1, 0.15) is 77.8 Å². The van der Waals surface area contributed by atoms with E-state index in [2.05, 4.69) is 65.6 Å². The van der Waals surface area contributed by atoms with Crippen molar-refractivity contribution in [3.63, 3.8) is 0 Å². The molecule has 8 heteroatoms. The molecular weight excluding hydrogens is 757 g/mol. The smallest absolute Gasteiger partial charge is 0.153 e. The van der Waals surface area contributed by atoms with Crippen molar-refractivity contribution >= 4 is 28.5 Å². The Morgan fingerprint density at radius 1 is 0.717 bits per heavy atom. The lowest BCUT2D eigenvalue weighted by molar-refractivity contribution is 0.585. The molecule has 1 spiro atoms. The summed E-state index contributed by atoms with van der Waals surface area (Å²) in [5.41, 5.74) is 21.2. The topological polar surface area (TPSA) is 54.0 Å². The fourth-order valence-electron chi connectivity index (χ4n) is 10.7. The molecule has 4 nitrogen and oxygen atoms in total. The molecule has 0 aromatic heterocycles. The third-order valence-electron chi connectivity index (χ3n) is 13.3. The highest BCUT2D eigenvalue weighted by Gasteiger charge is 2.54. The number of hydrogen-bond acceptors (Lipinski definition) is 2. The molecule has 6 aliphatic carbocycles. The van der Waals surface area contributed by atoms with E-state index in [9.17, 15) is 17.6 Å². The van der Waals surface area contributed by atoms with Gasteiger partial charge in [0.2, 0.25) is 0 Å². The molecule has 0 saturated heterocycles. The highest BCUT2D eigenvalue weighted by atomic mass is 19.1. The summed E-state index contributed by atoms with van der Waals surface area (Å²) in [5, 5.41) is 0. The maximum atomic E-state index is 14.8. The van der Waals surface area contributed by atoms with E-state index in [1.807, 2.05) is 12.1 Å². The predicted octanol–water partition coefficient (Wildman–Crippen LogP) is 12.1. The zero-order valence-electron chi connectivity index (χ0n) is 32.7. The molecule has 7 aliphatic rings. The number of nitrogens with two attached hydrogens (primary N) is 1. The minimum atomic E-state index is -0.653. The summed E-state index contributed by atoms with van der Waals surface area (Å²) in [6, 6.07) is 28.5. The molecule has 0 fully saturated rings. The number of benzene rings is 4. The van der Waals surface area contributed by atoms with E-state index in [0.29, 0.717) is 24.5 Å². The minimum absolute atomic E-state index is 0.185. The fourth-order valence-corrected chi connectivity index (χ4v) is 10.7. The average Bonchev–Trinajstić information content (AvgIpc) is 3.86. The van der Waals surface area contributed by atoms with Crippen LogP contribution in [0.25, 0.3) is 11.1 Å². The lowest BCUT2D eigenvalue weighted by atomic mass is 9.67. The first-order valence-corrected chi connectivity index (χ1v) is 20.7. The van der Waals surface area contributed by atoms with E-state index >= 15 is 0 Å². The van der Waals surface area contributed by atoms with Crippen LogP contribution in [0.4, 0.5) is 23.2 Å². The first-order valence-electron chi connectivity index (χ1n) is 20.7. The van der Waals surface area contributed by atoms with Crippen molar-refractivity contribution in [2.75, 3.05) is 4.90 Å². The summed E-state index contributed by atoms with van der Waals surface area (Å²) in [6.45, 7) is 0.274. The number of rotatable bonds is 5. The SMILES string of the molecule is N/C(=N\C(=N/Cc1ccc(F)cc1)C1=CC2=C(CC1)c1ccccc1C21C2=C(CCC(N3c4ccc(F)cc4C4C=C(F)C=CC43)=C2)c2ccccc21)C1=CC=C(F)CC1. The van der Waals surface area contributed by atoms with Crippen molar-refractivity contribution in [1.82, 2.24) is 0 Å². The summed E-state index contributed by atoms with van der Waals surface area (Å²) in [7, 11) is 0. The Kier molecular flexibility index (Phi) is 8.55. The van der Waals surface area contributed by atoms with Crippen LogP contribution in [-0.2, 0) is 12.0 Å². The molecule has 3 atom stereocenters. The molecule has 0 saturated carbocycles. The van der Waals surface area contributed by atoms with Gasteiger partial charge in [-0.3, -0.25) is 4.99 Å². The molecule has 0 amide bonds. The van der Waals surface area contributed by atoms with Crippen LogP contribution in [0.15, 0.2) is 183 Å². The van der Waals surface area contributed by atoms with Crippen molar-refractivity contribution in [3.05, 3.63) is 218 Å². The lowest BCUT2D eigenvalue weighted by Gasteiger charge is -2.37. The van der Waals surface area contributed by atoms with Gasteiger partial charge in [-0.25, -0.2) is 22.6 Å². The molecule has 296 valence electrons. The van der Waals surface area contributed by atoms with Crippen molar-refractivity contribution < 1.29 is 17.6 Å². The van der Waals surface area contributed by atoms with Gasteiger partial charge in [0.1, 0.15) is 29.1 Å². The van der Waals surface area contributed by atoms with Gasteiger partial charge in [0, 0.05) is 23.7 Å². The van der Waals surface area contributed by atoms with Crippen LogP contribution < -0.4 is 10.6 Å². The summed E-state index contributed by atoms with van der Waals surface area (Å²) < 4.78 is 57.5. The van der Waals surface area contributed by atoms with Crippen LogP contribution in [0.2, 0.25) is 0 Å². The number of amidine groups is 2. The molecule has 4 aromatic rings. The van der Waals surface area contributed by atoms with Gasteiger partial charge >= 0.3 is 0 Å². The summed E-state index contributed by atoms with van der Waals surface area (Å²) in [4.78, 5) is 12.3. The maximum Gasteiger partial charge on any atom is 0.153 e. The number of nitrogens with zero attached hydrogens (tertiary/aromatic N) is 3. The van der Waals surface area contributed by atoms with Gasteiger partial charge in [-0.05, 0) is 154 Å². The number of aliphatic imine (C=N–C) groups is 2. The maximum absolute atomic E-state index is 14.8. The molecule has 3 unspecified atom stereocenters. The lowest BCUT2D eigenvalue weighted by Crippen LogP contribution is -2.34. The molecule has 1 heterocycles. The van der Waals surface area contributed by atoms with Crippen LogP contribution in [0.5, 0.6) is 0 Å². The van der Waals surface area contributed by atoms with Gasteiger partial charge in [0.15, 0.2) is 5.84 Å². The van der Waals surface area contributed by atoms with E-state index in [1.165, 1.54) is 74.9 Å². The number of allylic oxidation sites excluding steroid dienone is 12. The number of anilines is 1. The van der Waals surface area contributed by atoms with E-state index in [1.54, 1.807) is 30.4 Å². The van der Waals surface area contributed by atoms with Gasteiger partial charge in [0.25, 0.3) is 0 Å². The molecule has 0 radical (unpaired) electrons. The van der Waals surface area contributed by atoms with Gasteiger partial charge in [0.05, 0.1) is 18.0 Å². The molecule has 11 rings (SSSR count). The number of halogens is 4. The Balaban J connectivity index is 1.09. The van der Waals surface area contributed by atoms with Gasteiger partial charge in [-0.1, -0.05) is 78.9 Å².